The molecule has 10 rings (SSSR count). The summed E-state index contributed by atoms with van der Waals surface area (Å²) in [4.78, 5) is 14.8. The van der Waals surface area contributed by atoms with Crippen molar-refractivity contribution in [3.05, 3.63) is 115 Å². The van der Waals surface area contributed by atoms with Crippen LogP contribution in [0.15, 0.2) is 109 Å². The molecular formula is C36H21N5. The quantitative estimate of drug-likeness (QED) is 0.216. The van der Waals surface area contributed by atoms with Crippen molar-refractivity contribution in [2.75, 3.05) is 0 Å². The Balaban J connectivity index is 1.56. The summed E-state index contributed by atoms with van der Waals surface area (Å²) in [6.07, 6.45) is 1.80. The molecule has 0 amide bonds. The second-order valence-electron chi connectivity index (χ2n) is 10.9. The molecule has 5 aromatic heterocycles. The molecule has 5 nitrogen and oxygen atoms in total. The third-order valence-electron chi connectivity index (χ3n) is 8.80. The normalized spacial score (nSPS) is 12.5. The average Bonchev–Trinajstić information content (AvgIpc) is 3.65. The fourth-order valence-electron chi connectivity index (χ4n) is 7.18. The molecule has 0 radical (unpaired) electrons. The smallest absolute Gasteiger partial charge is 0.235 e. The molecule has 10 aromatic rings. The molecule has 0 atom stereocenters. The molecule has 0 aliphatic carbocycles. The maximum atomic E-state index is 5.11. The number of fused-ring (bicyclic) bond motifs is 13. The van der Waals surface area contributed by atoms with Gasteiger partial charge in [-0.1, -0.05) is 66.7 Å². The maximum Gasteiger partial charge on any atom is 0.235 e. The van der Waals surface area contributed by atoms with Crippen LogP contribution in [0.2, 0.25) is 0 Å². The lowest BCUT2D eigenvalue weighted by atomic mass is 10.0. The summed E-state index contributed by atoms with van der Waals surface area (Å²) < 4.78 is 4.72. The third kappa shape index (κ3) is 2.54. The molecule has 0 aliphatic rings. The van der Waals surface area contributed by atoms with Gasteiger partial charge in [-0.15, -0.1) is 0 Å². The molecule has 5 aromatic carbocycles. The molecule has 0 aliphatic heterocycles. The summed E-state index contributed by atoms with van der Waals surface area (Å²) in [7, 11) is 0. The van der Waals surface area contributed by atoms with Crippen LogP contribution in [0.3, 0.4) is 0 Å². The van der Waals surface area contributed by atoms with Gasteiger partial charge in [0.2, 0.25) is 5.95 Å². The highest BCUT2D eigenvalue weighted by Gasteiger charge is 2.25. The van der Waals surface area contributed by atoms with Gasteiger partial charge < -0.3 is 4.40 Å². The summed E-state index contributed by atoms with van der Waals surface area (Å²) in [5.41, 5.74) is 8.47. The first-order valence-electron chi connectivity index (χ1n) is 13.9. The van der Waals surface area contributed by atoms with E-state index in [4.69, 9.17) is 9.97 Å². The van der Waals surface area contributed by atoms with E-state index >= 15 is 0 Å². The minimum absolute atomic E-state index is 0.668. The second kappa shape index (κ2) is 7.34. The minimum Gasteiger partial charge on any atom is -0.308 e. The van der Waals surface area contributed by atoms with E-state index in [1.807, 2.05) is 19.1 Å². The maximum absolute atomic E-state index is 5.11. The predicted molar refractivity (Wildman–Crippen MR) is 169 cm³/mol. The van der Waals surface area contributed by atoms with E-state index in [9.17, 15) is 0 Å². The van der Waals surface area contributed by atoms with Gasteiger partial charge in [0, 0.05) is 38.5 Å². The summed E-state index contributed by atoms with van der Waals surface area (Å²) in [6.45, 7) is 2.02. The van der Waals surface area contributed by atoms with Gasteiger partial charge in [-0.05, 0) is 54.1 Å². The largest absolute Gasteiger partial charge is 0.308 e. The molecule has 41 heavy (non-hydrogen) atoms. The van der Waals surface area contributed by atoms with Gasteiger partial charge in [-0.25, -0.2) is 9.97 Å². The van der Waals surface area contributed by atoms with E-state index in [1.165, 1.54) is 59.6 Å². The molecule has 0 unspecified atom stereocenters. The lowest BCUT2D eigenvalue weighted by molar-refractivity contribution is 0.986. The van der Waals surface area contributed by atoms with Gasteiger partial charge >= 0.3 is 0 Å². The van der Waals surface area contributed by atoms with Crippen LogP contribution in [0.5, 0.6) is 0 Å². The highest BCUT2D eigenvalue weighted by molar-refractivity contribution is 6.36. The van der Waals surface area contributed by atoms with Crippen molar-refractivity contribution < 1.29 is 0 Å². The highest BCUT2D eigenvalue weighted by Crippen LogP contribution is 2.47. The first kappa shape index (κ1) is 21.3. The van der Waals surface area contributed by atoms with Crippen LogP contribution in [0, 0.1) is 6.92 Å². The Kier molecular flexibility index (Phi) is 3.81. The van der Waals surface area contributed by atoms with Gasteiger partial charge in [0.1, 0.15) is 5.52 Å². The Morgan fingerprint density at radius 1 is 0.561 bits per heavy atom. The van der Waals surface area contributed by atoms with Crippen LogP contribution in [-0.4, -0.2) is 23.9 Å². The van der Waals surface area contributed by atoms with Crippen LogP contribution in [0.4, 0.5) is 0 Å². The van der Waals surface area contributed by atoms with Crippen molar-refractivity contribution >= 4 is 81.7 Å². The Morgan fingerprint density at radius 3 is 2.20 bits per heavy atom. The van der Waals surface area contributed by atoms with Gasteiger partial charge in [-0.2, -0.15) is 0 Å². The SMILES string of the molecule is Cc1nc(-n2c3ccc4ccccc4c3c3cc4c5ccccc5n5c6ccccc6c(c32)c45)nc2cccnc12. The number of hydrogen-bond acceptors (Lipinski definition) is 3. The predicted octanol–water partition coefficient (Wildman–Crippen LogP) is 8.73. The van der Waals surface area contributed by atoms with Crippen molar-refractivity contribution in [3.63, 3.8) is 0 Å². The molecule has 0 fully saturated rings. The van der Waals surface area contributed by atoms with E-state index in [-0.39, 0.29) is 0 Å². The zero-order valence-electron chi connectivity index (χ0n) is 22.1. The minimum atomic E-state index is 0.668. The summed E-state index contributed by atoms with van der Waals surface area (Å²) >= 11 is 0. The molecule has 0 N–H and O–H groups in total. The second-order valence-corrected chi connectivity index (χ2v) is 10.9. The first-order chi connectivity index (χ1) is 20.3. The number of rotatable bonds is 1. The number of nitrogens with zero attached hydrogens (tertiary/aromatic N) is 5. The Hall–Kier alpha value is -5.55. The highest BCUT2D eigenvalue weighted by atomic mass is 15.2. The summed E-state index contributed by atoms with van der Waals surface area (Å²) in [6, 6.07) is 37.0. The van der Waals surface area contributed by atoms with E-state index in [2.05, 4.69) is 105 Å². The van der Waals surface area contributed by atoms with Gasteiger partial charge in [0.15, 0.2) is 0 Å². The fourth-order valence-corrected chi connectivity index (χ4v) is 7.18. The standard InChI is InChI=1S/C36H21N5/c1-20-33-27(13-8-18-37-33)39-36(38-20)41-30-17-16-21-9-2-3-10-22(21)31(30)26-19-25-23-11-4-6-14-28(23)40-29-15-7-5-12-24(29)32(34(25)40)35(26)41/h2-19H,1H3. The lowest BCUT2D eigenvalue weighted by Crippen LogP contribution is -2.04. The monoisotopic (exact) mass is 523 g/mol. The van der Waals surface area contributed by atoms with E-state index in [0.717, 1.165) is 27.8 Å². The average molecular weight is 524 g/mol. The molecule has 0 spiro atoms. The van der Waals surface area contributed by atoms with Crippen molar-refractivity contribution in [2.24, 2.45) is 0 Å². The fraction of sp³-hybridized carbons (Fsp3) is 0.0278. The van der Waals surface area contributed by atoms with Gasteiger partial charge in [0.05, 0.1) is 38.8 Å². The van der Waals surface area contributed by atoms with Crippen LogP contribution < -0.4 is 0 Å². The van der Waals surface area contributed by atoms with Gasteiger partial charge in [0.25, 0.3) is 0 Å². The van der Waals surface area contributed by atoms with Crippen LogP contribution >= 0.6 is 0 Å². The number of hydrogen-bond donors (Lipinski definition) is 0. The third-order valence-corrected chi connectivity index (χ3v) is 8.80. The van der Waals surface area contributed by atoms with E-state index < -0.39 is 0 Å². The molecule has 5 heteroatoms. The van der Waals surface area contributed by atoms with Crippen molar-refractivity contribution in [3.8, 4) is 5.95 Å². The number of pyridine rings is 1. The van der Waals surface area contributed by atoms with Crippen LogP contribution in [0.1, 0.15) is 5.69 Å². The number of aromatic nitrogens is 5. The van der Waals surface area contributed by atoms with E-state index in [1.54, 1.807) is 6.20 Å². The number of para-hydroxylation sites is 2. The summed E-state index contributed by atoms with van der Waals surface area (Å²) in [5, 5.41) is 9.90. The van der Waals surface area contributed by atoms with Crippen molar-refractivity contribution in [2.45, 2.75) is 6.92 Å². The van der Waals surface area contributed by atoms with Gasteiger partial charge in [-0.3, -0.25) is 9.55 Å². The van der Waals surface area contributed by atoms with Crippen molar-refractivity contribution in [1.29, 1.82) is 0 Å². The molecule has 0 saturated heterocycles. The Bertz CT molecular complexity index is 2710. The molecule has 0 bridgehead atoms. The van der Waals surface area contributed by atoms with Crippen LogP contribution in [0.25, 0.3) is 87.7 Å². The molecule has 5 heterocycles. The van der Waals surface area contributed by atoms with E-state index in [0.29, 0.717) is 5.95 Å². The Labute approximate surface area is 233 Å². The molecule has 0 saturated carbocycles. The number of aryl methyl sites for hydroxylation is 1. The summed E-state index contributed by atoms with van der Waals surface area (Å²) in [5.74, 6) is 0.668. The van der Waals surface area contributed by atoms with Crippen LogP contribution in [-0.2, 0) is 0 Å². The number of benzene rings is 5. The molecular weight excluding hydrogens is 502 g/mol. The zero-order chi connectivity index (χ0) is 26.8. The van der Waals surface area contributed by atoms with Crippen molar-refractivity contribution in [1.82, 2.24) is 23.9 Å². The lowest BCUT2D eigenvalue weighted by Gasteiger charge is -2.10. The Morgan fingerprint density at radius 2 is 1.32 bits per heavy atom. The topological polar surface area (TPSA) is 48.0 Å². The zero-order valence-corrected chi connectivity index (χ0v) is 22.1. The first-order valence-corrected chi connectivity index (χ1v) is 13.9. The molecule has 190 valence electrons.